The first-order valence-corrected chi connectivity index (χ1v) is 6.10. The normalized spacial score (nSPS) is 10.8. The molecule has 0 bridgehead atoms. The van der Waals surface area contributed by atoms with Crippen molar-refractivity contribution in [1.29, 1.82) is 0 Å². The van der Waals surface area contributed by atoms with Crippen LogP contribution >= 0.6 is 0 Å². The number of aliphatic carboxylic acids is 1. The van der Waals surface area contributed by atoms with E-state index in [0.29, 0.717) is 6.54 Å². The lowest BCUT2D eigenvalue weighted by Gasteiger charge is -2.15. The Morgan fingerprint density at radius 2 is 2.06 bits per heavy atom. The van der Waals surface area contributed by atoms with Gasteiger partial charge in [0.15, 0.2) is 0 Å². The third-order valence-electron chi connectivity index (χ3n) is 2.69. The summed E-state index contributed by atoms with van der Waals surface area (Å²) in [4.78, 5) is 12.5. The van der Waals surface area contributed by atoms with Gasteiger partial charge in [-0.2, -0.15) is 0 Å². The van der Waals surface area contributed by atoms with E-state index in [9.17, 15) is 4.79 Å². The highest BCUT2D eigenvalue weighted by atomic mass is 16.4. The van der Waals surface area contributed by atoms with Crippen LogP contribution in [0.2, 0.25) is 0 Å². The highest BCUT2D eigenvalue weighted by molar-refractivity contribution is 5.66. The van der Waals surface area contributed by atoms with Crippen LogP contribution in [0.1, 0.15) is 30.9 Å². The Labute approximate surface area is 103 Å². The van der Waals surface area contributed by atoms with E-state index in [1.807, 2.05) is 11.9 Å². The average molecular weight is 235 g/mol. The Kier molecular flexibility index (Phi) is 5.70. The van der Waals surface area contributed by atoms with Crippen molar-refractivity contribution in [1.82, 2.24) is 4.90 Å². The molecule has 0 unspecified atom stereocenters. The number of hydrogen-bond acceptors (Lipinski definition) is 2. The summed E-state index contributed by atoms with van der Waals surface area (Å²) in [7, 11) is 1.95. The minimum absolute atomic E-state index is 0.200. The SMILES string of the molecule is CCCc1cccc(CN(C)CCC(=O)O)c1. The van der Waals surface area contributed by atoms with E-state index in [0.717, 1.165) is 19.4 Å². The topological polar surface area (TPSA) is 40.5 Å². The van der Waals surface area contributed by atoms with Gasteiger partial charge in [0.25, 0.3) is 0 Å². The van der Waals surface area contributed by atoms with Crippen LogP contribution in [0.4, 0.5) is 0 Å². The molecule has 0 saturated carbocycles. The van der Waals surface area contributed by atoms with Gasteiger partial charge in [-0.15, -0.1) is 0 Å². The van der Waals surface area contributed by atoms with Crippen LogP contribution in [0.3, 0.4) is 0 Å². The van der Waals surface area contributed by atoms with Crippen LogP contribution in [0, 0.1) is 0 Å². The molecular weight excluding hydrogens is 214 g/mol. The number of carboxylic acid groups (broad SMARTS) is 1. The van der Waals surface area contributed by atoms with Gasteiger partial charge in [0, 0.05) is 13.1 Å². The second kappa shape index (κ2) is 7.07. The summed E-state index contributed by atoms with van der Waals surface area (Å²) in [5, 5.41) is 8.62. The van der Waals surface area contributed by atoms with Crippen molar-refractivity contribution in [2.75, 3.05) is 13.6 Å². The number of rotatable bonds is 7. The first-order chi connectivity index (χ1) is 8.11. The van der Waals surface area contributed by atoms with Crippen molar-refractivity contribution in [2.24, 2.45) is 0 Å². The number of aryl methyl sites for hydroxylation is 1. The van der Waals surface area contributed by atoms with Crippen LogP contribution in [0.15, 0.2) is 24.3 Å². The maximum absolute atomic E-state index is 10.5. The van der Waals surface area contributed by atoms with E-state index >= 15 is 0 Å². The lowest BCUT2D eigenvalue weighted by Crippen LogP contribution is -2.21. The standard InChI is InChI=1S/C14H21NO2/c1-3-5-12-6-4-7-13(10-12)11-15(2)9-8-14(16)17/h4,6-7,10H,3,5,8-9,11H2,1-2H3,(H,16,17). The van der Waals surface area contributed by atoms with Crippen LogP contribution in [-0.2, 0) is 17.8 Å². The van der Waals surface area contributed by atoms with E-state index in [2.05, 4.69) is 31.2 Å². The summed E-state index contributed by atoms with van der Waals surface area (Å²) in [6.07, 6.45) is 2.45. The van der Waals surface area contributed by atoms with E-state index in [-0.39, 0.29) is 6.42 Å². The molecule has 1 aromatic rings. The molecule has 0 aliphatic heterocycles. The number of carboxylic acids is 1. The summed E-state index contributed by atoms with van der Waals surface area (Å²) in [6, 6.07) is 8.52. The largest absolute Gasteiger partial charge is 0.481 e. The summed E-state index contributed by atoms with van der Waals surface area (Å²) in [5.74, 6) is -0.739. The number of hydrogen-bond donors (Lipinski definition) is 1. The summed E-state index contributed by atoms with van der Waals surface area (Å²) in [6.45, 7) is 3.57. The molecule has 3 nitrogen and oxygen atoms in total. The summed E-state index contributed by atoms with van der Waals surface area (Å²) < 4.78 is 0. The van der Waals surface area contributed by atoms with Crippen LogP contribution < -0.4 is 0 Å². The van der Waals surface area contributed by atoms with E-state index in [1.165, 1.54) is 11.1 Å². The van der Waals surface area contributed by atoms with E-state index in [1.54, 1.807) is 0 Å². The smallest absolute Gasteiger partial charge is 0.304 e. The Balaban J connectivity index is 2.49. The van der Waals surface area contributed by atoms with Crippen molar-refractivity contribution >= 4 is 5.97 Å². The third-order valence-corrected chi connectivity index (χ3v) is 2.69. The van der Waals surface area contributed by atoms with Crippen molar-refractivity contribution in [2.45, 2.75) is 32.7 Å². The van der Waals surface area contributed by atoms with Gasteiger partial charge in [0.2, 0.25) is 0 Å². The molecule has 94 valence electrons. The second-order valence-electron chi connectivity index (χ2n) is 4.45. The predicted octanol–water partition coefficient (Wildman–Crippen LogP) is 2.55. The third kappa shape index (κ3) is 5.50. The highest BCUT2D eigenvalue weighted by Gasteiger charge is 2.04. The fourth-order valence-electron chi connectivity index (χ4n) is 1.85. The van der Waals surface area contributed by atoms with Crippen LogP contribution in [-0.4, -0.2) is 29.6 Å². The maximum atomic E-state index is 10.5. The first kappa shape index (κ1) is 13.7. The summed E-state index contributed by atoms with van der Waals surface area (Å²) in [5.41, 5.74) is 2.61. The minimum Gasteiger partial charge on any atom is -0.481 e. The van der Waals surface area contributed by atoms with Gasteiger partial charge in [-0.1, -0.05) is 37.6 Å². The quantitative estimate of drug-likeness (QED) is 0.789. The van der Waals surface area contributed by atoms with Gasteiger partial charge in [-0.05, 0) is 24.6 Å². The molecule has 0 heterocycles. The Bertz CT molecular complexity index is 363. The van der Waals surface area contributed by atoms with E-state index < -0.39 is 5.97 Å². The van der Waals surface area contributed by atoms with Crippen LogP contribution in [0.25, 0.3) is 0 Å². The molecule has 0 atom stereocenters. The zero-order chi connectivity index (χ0) is 12.7. The van der Waals surface area contributed by atoms with E-state index in [4.69, 9.17) is 5.11 Å². The molecule has 1 aromatic carbocycles. The monoisotopic (exact) mass is 235 g/mol. The highest BCUT2D eigenvalue weighted by Crippen LogP contribution is 2.09. The van der Waals surface area contributed by atoms with Gasteiger partial charge in [-0.3, -0.25) is 4.79 Å². The predicted molar refractivity (Wildman–Crippen MR) is 69.0 cm³/mol. The first-order valence-electron chi connectivity index (χ1n) is 6.10. The molecule has 3 heteroatoms. The van der Waals surface area contributed by atoms with Gasteiger partial charge in [-0.25, -0.2) is 0 Å². The Morgan fingerprint density at radius 3 is 2.71 bits per heavy atom. The van der Waals surface area contributed by atoms with Gasteiger partial charge in [0.1, 0.15) is 0 Å². The number of carbonyl (C=O) groups is 1. The molecule has 0 radical (unpaired) electrons. The molecule has 0 amide bonds. The fraction of sp³-hybridized carbons (Fsp3) is 0.500. The zero-order valence-corrected chi connectivity index (χ0v) is 10.6. The molecule has 0 fully saturated rings. The molecule has 0 aliphatic rings. The molecule has 0 spiro atoms. The molecule has 0 aromatic heterocycles. The van der Waals surface area contributed by atoms with Gasteiger partial charge in [0.05, 0.1) is 6.42 Å². The van der Waals surface area contributed by atoms with Crippen molar-refractivity contribution in [3.05, 3.63) is 35.4 Å². The Hall–Kier alpha value is -1.35. The second-order valence-corrected chi connectivity index (χ2v) is 4.45. The molecule has 17 heavy (non-hydrogen) atoms. The molecular formula is C14H21NO2. The van der Waals surface area contributed by atoms with Crippen molar-refractivity contribution < 1.29 is 9.90 Å². The molecule has 1 N–H and O–H groups in total. The fourth-order valence-corrected chi connectivity index (χ4v) is 1.85. The van der Waals surface area contributed by atoms with Gasteiger partial charge >= 0.3 is 5.97 Å². The lowest BCUT2D eigenvalue weighted by molar-refractivity contribution is -0.137. The molecule has 0 aliphatic carbocycles. The number of nitrogens with zero attached hydrogens (tertiary/aromatic N) is 1. The molecule has 0 saturated heterocycles. The minimum atomic E-state index is -0.739. The lowest BCUT2D eigenvalue weighted by atomic mass is 10.1. The van der Waals surface area contributed by atoms with Crippen molar-refractivity contribution in [3.8, 4) is 0 Å². The maximum Gasteiger partial charge on any atom is 0.304 e. The zero-order valence-electron chi connectivity index (χ0n) is 10.6. The Morgan fingerprint density at radius 1 is 1.35 bits per heavy atom. The average Bonchev–Trinajstić information content (AvgIpc) is 2.27. The summed E-state index contributed by atoms with van der Waals surface area (Å²) >= 11 is 0. The van der Waals surface area contributed by atoms with Gasteiger partial charge < -0.3 is 10.0 Å². The molecule has 1 rings (SSSR count). The number of benzene rings is 1. The van der Waals surface area contributed by atoms with Crippen LogP contribution in [0.5, 0.6) is 0 Å². The van der Waals surface area contributed by atoms with Crippen molar-refractivity contribution in [3.63, 3.8) is 0 Å².